The number of para-hydroxylation sites is 2. The molecule has 0 saturated carbocycles. The van der Waals surface area contributed by atoms with Gasteiger partial charge < -0.3 is 14.2 Å². The van der Waals surface area contributed by atoms with E-state index >= 15 is 0 Å². The van der Waals surface area contributed by atoms with Crippen molar-refractivity contribution in [2.24, 2.45) is 0 Å². The van der Waals surface area contributed by atoms with Crippen molar-refractivity contribution >= 4 is 22.6 Å². The molecule has 0 bridgehead atoms. The Labute approximate surface area is 201 Å². The number of aromatic nitrogens is 2. The van der Waals surface area contributed by atoms with Gasteiger partial charge >= 0.3 is 0 Å². The molecule has 34 heavy (non-hydrogen) atoms. The second-order valence-corrected chi connectivity index (χ2v) is 9.32. The molecule has 5 heteroatoms. The van der Waals surface area contributed by atoms with Crippen molar-refractivity contribution in [1.29, 1.82) is 0 Å². The Morgan fingerprint density at radius 3 is 2.65 bits per heavy atom. The number of rotatable bonds is 7. The summed E-state index contributed by atoms with van der Waals surface area (Å²) in [7, 11) is 0. The zero-order chi connectivity index (χ0) is 23.7. The lowest BCUT2D eigenvalue weighted by Crippen LogP contribution is -2.25. The third kappa shape index (κ3) is 4.43. The van der Waals surface area contributed by atoms with E-state index < -0.39 is 0 Å². The molecule has 0 radical (unpaired) electrons. The van der Waals surface area contributed by atoms with E-state index in [1.807, 2.05) is 23.1 Å². The van der Waals surface area contributed by atoms with Crippen molar-refractivity contribution < 1.29 is 9.53 Å². The Balaban J connectivity index is 1.36. The number of hydrogen-bond acceptors (Lipinski definition) is 3. The molecular weight excluding hydrogens is 422 g/mol. The minimum Gasteiger partial charge on any atom is -0.494 e. The first-order valence-corrected chi connectivity index (χ1v) is 12.0. The van der Waals surface area contributed by atoms with Crippen LogP contribution in [-0.4, -0.2) is 28.6 Å². The van der Waals surface area contributed by atoms with Crippen molar-refractivity contribution in [2.45, 2.75) is 46.1 Å². The molecule has 174 valence electrons. The predicted molar refractivity (Wildman–Crippen MR) is 137 cm³/mol. The number of hydrogen-bond donors (Lipinski definition) is 0. The second kappa shape index (κ2) is 9.34. The predicted octanol–water partition coefficient (Wildman–Crippen LogP) is 5.95. The number of nitrogens with zero attached hydrogens (tertiary/aromatic N) is 3. The van der Waals surface area contributed by atoms with Crippen molar-refractivity contribution in [3.8, 4) is 5.75 Å². The Morgan fingerprint density at radius 1 is 0.971 bits per heavy atom. The van der Waals surface area contributed by atoms with Crippen molar-refractivity contribution in [3.63, 3.8) is 0 Å². The fourth-order valence-corrected chi connectivity index (χ4v) is 4.88. The number of imidazole rings is 1. The minimum absolute atomic E-state index is 0.0671. The molecule has 0 spiro atoms. The van der Waals surface area contributed by atoms with Gasteiger partial charge in [-0.3, -0.25) is 4.79 Å². The van der Waals surface area contributed by atoms with Gasteiger partial charge in [0.05, 0.1) is 17.6 Å². The lowest BCUT2D eigenvalue weighted by atomic mass is 10.1. The summed E-state index contributed by atoms with van der Waals surface area (Å²) in [5, 5.41) is 0. The van der Waals surface area contributed by atoms with Gasteiger partial charge in [-0.25, -0.2) is 4.98 Å². The molecule has 1 atom stereocenters. The lowest BCUT2D eigenvalue weighted by molar-refractivity contribution is -0.117. The van der Waals surface area contributed by atoms with E-state index in [4.69, 9.17) is 9.72 Å². The number of fused-ring (bicyclic) bond motifs is 1. The number of ether oxygens (including phenoxy) is 1. The van der Waals surface area contributed by atoms with Crippen LogP contribution in [0.1, 0.15) is 41.3 Å². The number of carbonyl (C=O) groups is 1. The summed E-state index contributed by atoms with van der Waals surface area (Å²) >= 11 is 0. The Bertz CT molecular complexity index is 1340. The van der Waals surface area contributed by atoms with Crippen LogP contribution >= 0.6 is 0 Å². The number of amides is 1. The van der Waals surface area contributed by atoms with Gasteiger partial charge in [-0.15, -0.1) is 0 Å². The number of aryl methyl sites for hydroxylation is 4. The van der Waals surface area contributed by atoms with E-state index in [1.54, 1.807) is 0 Å². The molecule has 1 amide bonds. The van der Waals surface area contributed by atoms with Crippen LogP contribution in [0.2, 0.25) is 0 Å². The standard InChI is InChI=1S/C29H31N3O2/c1-20-8-6-9-24(16-20)34-15-7-14-31-26-11-5-4-10-25(26)30-29(31)23-18-28(33)32(19-23)27-17-21(2)12-13-22(27)3/h4-6,8-13,16-17,23H,7,14-15,18-19H2,1-3H3. The molecule has 0 aliphatic carbocycles. The molecule has 1 aromatic heterocycles. The highest BCUT2D eigenvalue weighted by atomic mass is 16.5. The zero-order valence-corrected chi connectivity index (χ0v) is 20.1. The second-order valence-electron chi connectivity index (χ2n) is 9.32. The van der Waals surface area contributed by atoms with Crippen LogP contribution in [0.4, 0.5) is 5.69 Å². The molecule has 3 aromatic carbocycles. The molecular formula is C29H31N3O2. The van der Waals surface area contributed by atoms with Crippen LogP contribution in [0, 0.1) is 20.8 Å². The van der Waals surface area contributed by atoms with Gasteiger partial charge in [0.2, 0.25) is 5.91 Å². The molecule has 4 aromatic rings. The first kappa shape index (κ1) is 22.2. The summed E-state index contributed by atoms with van der Waals surface area (Å²) in [4.78, 5) is 20.0. The molecule has 1 fully saturated rings. The van der Waals surface area contributed by atoms with Crippen LogP contribution in [0.5, 0.6) is 5.75 Å². The van der Waals surface area contributed by atoms with Gasteiger partial charge in [-0.2, -0.15) is 0 Å². The highest BCUT2D eigenvalue weighted by Crippen LogP contribution is 2.35. The number of carbonyl (C=O) groups excluding carboxylic acids is 1. The molecule has 1 aliphatic heterocycles. The summed E-state index contributed by atoms with van der Waals surface area (Å²) < 4.78 is 8.27. The van der Waals surface area contributed by atoms with E-state index in [2.05, 4.69) is 73.9 Å². The Hall–Kier alpha value is -3.60. The van der Waals surface area contributed by atoms with Crippen LogP contribution in [-0.2, 0) is 11.3 Å². The lowest BCUT2D eigenvalue weighted by Gasteiger charge is -2.20. The van der Waals surface area contributed by atoms with E-state index in [0.717, 1.165) is 52.4 Å². The van der Waals surface area contributed by atoms with E-state index in [-0.39, 0.29) is 11.8 Å². The normalized spacial score (nSPS) is 15.9. The van der Waals surface area contributed by atoms with Crippen molar-refractivity contribution in [2.75, 3.05) is 18.1 Å². The van der Waals surface area contributed by atoms with Crippen LogP contribution in [0.3, 0.4) is 0 Å². The fourth-order valence-electron chi connectivity index (χ4n) is 4.88. The molecule has 5 rings (SSSR count). The third-order valence-corrected chi connectivity index (χ3v) is 6.61. The summed E-state index contributed by atoms with van der Waals surface area (Å²) in [5.41, 5.74) is 6.60. The highest BCUT2D eigenvalue weighted by Gasteiger charge is 2.35. The molecule has 1 unspecified atom stereocenters. The maximum Gasteiger partial charge on any atom is 0.227 e. The first-order valence-electron chi connectivity index (χ1n) is 12.0. The van der Waals surface area contributed by atoms with Gasteiger partial charge in [0.15, 0.2) is 0 Å². The van der Waals surface area contributed by atoms with Crippen LogP contribution in [0.25, 0.3) is 11.0 Å². The van der Waals surface area contributed by atoms with Crippen molar-refractivity contribution in [1.82, 2.24) is 9.55 Å². The van der Waals surface area contributed by atoms with Crippen molar-refractivity contribution in [3.05, 3.63) is 89.2 Å². The molecule has 1 aliphatic rings. The third-order valence-electron chi connectivity index (χ3n) is 6.61. The molecule has 5 nitrogen and oxygen atoms in total. The zero-order valence-electron chi connectivity index (χ0n) is 20.1. The van der Waals surface area contributed by atoms with E-state index in [1.165, 1.54) is 5.56 Å². The Kier molecular flexibility index (Phi) is 6.10. The van der Waals surface area contributed by atoms with Gasteiger partial charge in [0.1, 0.15) is 11.6 Å². The number of benzene rings is 3. The van der Waals surface area contributed by atoms with E-state index in [0.29, 0.717) is 19.6 Å². The van der Waals surface area contributed by atoms with Gasteiger partial charge in [0, 0.05) is 31.1 Å². The van der Waals surface area contributed by atoms with Crippen LogP contribution < -0.4 is 9.64 Å². The molecule has 2 heterocycles. The first-order chi connectivity index (χ1) is 16.5. The summed E-state index contributed by atoms with van der Waals surface area (Å²) in [6, 6.07) is 22.7. The number of anilines is 1. The maximum absolute atomic E-state index is 13.1. The topological polar surface area (TPSA) is 47.4 Å². The average Bonchev–Trinajstić information content (AvgIpc) is 3.39. The molecule has 0 N–H and O–H groups in total. The fraction of sp³-hybridized carbons (Fsp3) is 0.310. The van der Waals surface area contributed by atoms with Gasteiger partial charge in [0.25, 0.3) is 0 Å². The average molecular weight is 454 g/mol. The summed E-state index contributed by atoms with van der Waals surface area (Å²) in [5.74, 6) is 2.14. The van der Waals surface area contributed by atoms with Gasteiger partial charge in [-0.05, 0) is 74.2 Å². The van der Waals surface area contributed by atoms with E-state index in [9.17, 15) is 4.79 Å². The quantitative estimate of drug-likeness (QED) is 0.325. The highest BCUT2D eigenvalue weighted by molar-refractivity contribution is 5.97. The monoisotopic (exact) mass is 453 g/mol. The maximum atomic E-state index is 13.1. The molecule has 1 saturated heterocycles. The van der Waals surface area contributed by atoms with Gasteiger partial charge in [-0.1, -0.05) is 36.4 Å². The minimum atomic E-state index is 0.0671. The summed E-state index contributed by atoms with van der Waals surface area (Å²) in [6.45, 7) is 8.30. The largest absolute Gasteiger partial charge is 0.494 e. The Morgan fingerprint density at radius 2 is 1.79 bits per heavy atom. The smallest absolute Gasteiger partial charge is 0.227 e. The summed E-state index contributed by atoms with van der Waals surface area (Å²) in [6.07, 6.45) is 1.35. The van der Waals surface area contributed by atoms with Crippen LogP contribution in [0.15, 0.2) is 66.7 Å². The SMILES string of the molecule is Cc1cccc(OCCCn2c(C3CC(=O)N(c4cc(C)ccc4C)C3)nc3ccccc32)c1.